The summed E-state index contributed by atoms with van der Waals surface area (Å²) in [5.74, 6) is -0.332. The predicted octanol–water partition coefficient (Wildman–Crippen LogP) is 0.960. The maximum Gasteiger partial charge on any atom is 0.323 e. The number of hydrogen-bond acceptors (Lipinski definition) is 5. The van der Waals surface area contributed by atoms with Crippen molar-refractivity contribution in [2.45, 2.75) is 0 Å². The lowest BCUT2D eigenvalue weighted by Crippen LogP contribution is -2.11. The molecule has 0 saturated heterocycles. The predicted molar refractivity (Wildman–Crippen MR) is 66.8 cm³/mol. The molecule has 3 rings (SSSR count). The van der Waals surface area contributed by atoms with Gasteiger partial charge in [0, 0.05) is 5.69 Å². The van der Waals surface area contributed by atoms with E-state index < -0.39 is 0 Å². The summed E-state index contributed by atoms with van der Waals surface area (Å²) < 4.78 is 7.59. The number of imidazole rings is 1. The Morgan fingerprint density at radius 3 is 2.89 bits per heavy atom. The van der Waals surface area contributed by atoms with E-state index in [1.165, 1.54) is 6.20 Å². The number of nitrogens with zero attached hydrogens (tertiary/aromatic N) is 2. The Hall–Kier alpha value is -2.48. The Morgan fingerprint density at radius 1 is 1.28 bits per heavy atom. The molecule has 0 bridgehead atoms. The third-order valence-corrected chi connectivity index (χ3v) is 2.85. The number of rotatable bonds is 2. The van der Waals surface area contributed by atoms with Crippen LogP contribution in [0.1, 0.15) is 10.5 Å². The summed E-state index contributed by atoms with van der Waals surface area (Å²) in [6, 6.07) is 5.08. The Labute approximate surface area is 104 Å². The minimum Gasteiger partial charge on any atom is -0.320 e. The van der Waals surface area contributed by atoms with Gasteiger partial charge in [0.25, 0.3) is 5.91 Å². The summed E-state index contributed by atoms with van der Waals surface area (Å²) in [5.41, 5.74) is 1.89. The van der Waals surface area contributed by atoms with Crippen molar-refractivity contribution in [3.8, 4) is 0 Å². The van der Waals surface area contributed by atoms with Gasteiger partial charge in [-0.2, -0.15) is 8.75 Å². The molecule has 2 aromatic heterocycles. The van der Waals surface area contributed by atoms with Crippen LogP contribution < -0.4 is 11.0 Å². The highest BCUT2D eigenvalue weighted by Crippen LogP contribution is 2.15. The van der Waals surface area contributed by atoms with Gasteiger partial charge in [-0.05, 0) is 18.2 Å². The molecule has 0 aliphatic rings. The lowest BCUT2D eigenvalue weighted by atomic mass is 10.2. The van der Waals surface area contributed by atoms with Crippen LogP contribution in [0.4, 0.5) is 5.69 Å². The summed E-state index contributed by atoms with van der Waals surface area (Å²) >= 11 is 0.971. The third-order valence-electron chi connectivity index (χ3n) is 2.37. The second-order valence-corrected chi connectivity index (χ2v) is 4.14. The molecule has 0 radical (unpaired) electrons. The fourth-order valence-corrected chi connectivity index (χ4v) is 1.98. The number of fused-ring (bicyclic) bond motifs is 1. The van der Waals surface area contributed by atoms with Crippen LogP contribution in [0, 0.1) is 0 Å². The maximum atomic E-state index is 11.7. The van der Waals surface area contributed by atoms with E-state index in [9.17, 15) is 9.59 Å². The van der Waals surface area contributed by atoms with Crippen molar-refractivity contribution in [3.05, 3.63) is 40.6 Å². The number of hydrogen-bond donors (Lipinski definition) is 3. The lowest BCUT2D eigenvalue weighted by molar-refractivity contribution is 0.102. The highest BCUT2D eigenvalue weighted by atomic mass is 32.1. The monoisotopic (exact) mass is 261 g/mol. The van der Waals surface area contributed by atoms with E-state index in [1.54, 1.807) is 18.2 Å². The molecule has 1 aromatic carbocycles. The SMILES string of the molecule is O=C(Nc1ccc2[nH]c(=O)[nH]c2c1)c1cnsn1. The summed E-state index contributed by atoms with van der Waals surface area (Å²) in [7, 11) is 0. The average molecular weight is 261 g/mol. The zero-order chi connectivity index (χ0) is 12.5. The highest BCUT2D eigenvalue weighted by molar-refractivity contribution is 6.99. The van der Waals surface area contributed by atoms with Crippen molar-refractivity contribution in [3.63, 3.8) is 0 Å². The molecule has 8 heteroatoms. The van der Waals surface area contributed by atoms with E-state index in [4.69, 9.17) is 0 Å². The first-order valence-electron chi connectivity index (χ1n) is 5.03. The van der Waals surface area contributed by atoms with Crippen LogP contribution in [0.5, 0.6) is 0 Å². The van der Waals surface area contributed by atoms with E-state index >= 15 is 0 Å². The fraction of sp³-hybridized carbons (Fsp3) is 0. The topological polar surface area (TPSA) is 104 Å². The van der Waals surface area contributed by atoms with Gasteiger partial charge in [0.2, 0.25) is 0 Å². The van der Waals surface area contributed by atoms with Crippen LogP contribution >= 0.6 is 11.7 Å². The molecule has 0 aliphatic heterocycles. The van der Waals surface area contributed by atoms with Gasteiger partial charge in [0.15, 0.2) is 5.69 Å². The zero-order valence-corrected chi connectivity index (χ0v) is 9.75. The molecular weight excluding hydrogens is 254 g/mol. The Bertz CT molecular complexity index is 758. The summed E-state index contributed by atoms with van der Waals surface area (Å²) in [6.07, 6.45) is 1.40. The number of aromatic nitrogens is 4. The van der Waals surface area contributed by atoms with Gasteiger partial charge >= 0.3 is 5.69 Å². The van der Waals surface area contributed by atoms with E-state index in [0.29, 0.717) is 16.7 Å². The van der Waals surface area contributed by atoms with Crippen molar-refractivity contribution in [1.82, 2.24) is 18.7 Å². The van der Waals surface area contributed by atoms with E-state index in [1.807, 2.05) is 0 Å². The van der Waals surface area contributed by atoms with Crippen LogP contribution in [-0.2, 0) is 0 Å². The Balaban J connectivity index is 1.91. The van der Waals surface area contributed by atoms with Gasteiger partial charge in [-0.1, -0.05) is 0 Å². The van der Waals surface area contributed by atoms with Crippen molar-refractivity contribution in [2.75, 3.05) is 5.32 Å². The normalized spacial score (nSPS) is 10.7. The first-order chi connectivity index (χ1) is 8.72. The van der Waals surface area contributed by atoms with Crippen LogP contribution in [0.3, 0.4) is 0 Å². The molecule has 2 heterocycles. The Morgan fingerprint density at radius 2 is 2.11 bits per heavy atom. The van der Waals surface area contributed by atoms with E-state index in [-0.39, 0.29) is 17.3 Å². The number of nitrogens with one attached hydrogen (secondary N) is 3. The molecule has 0 fully saturated rings. The molecule has 3 aromatic rings. The fourth-order valence-electron chi connectivity index (χ4n) is 1.57. The number of carbonyl (C=O) groups is 1. The van der Waals surface area contributed by atoms with E-state index in [0.717, 1.165) is 11.7 Å². The first kappa shape index (κ1) is 10.7. The molecular formula is C10H7N5O2S. The largest absolute Gasteiger partial charge is 0.323 e. The standard InChI is InChI=1S/C10H7N5O2S/c16-9(8-4-11-18-15-8)12-5-1-2-6-7(3-5)14-10(17)13-6/h1-4H,(H,12,16)(H2,13,14,17). The molecule has 0 atom stereocenters. The number of anilines is 1. The van der Waals surface area contributed by atoms with Crippen LogP contribution in [0.2, 0.25) is 0 Å². The quantitative estimate of drug-likeness (QED) is 0.639. The van der Waals surface area contributed by atoms with Crippen LogP contribution in [0.25, 0.3) is 11.0 Å². The van der Waals surface area contributed by atoms with Gasteiger partial charge < -0.3 is 15.3 Å². The highest BCUT2D eigenvalue weighted by Gasteiger charge is 2.09. The van der Waals surface area contributed by atoms with Gasteiger partial charge in [0.1, 0.15) is 0 Å². The van der Waals surface area contributed by atoms with Crippen molar-refractivity contribution in [2.24, 2.45) is 0 Å². The Kier molecular flexibility index (Phi) is 2.41. The molecule has 7 nitrogen and oxygen atoms in total. The maximum absolute atomic E-state index is 11.7. The summed E-state index contributed by atoms with van der Waals surface area (Å²) in [4.78, 5) is 28.1. The molecule has 1 amide bonds. The molecule has 0 unspecified atom stereocenters. The van der Waals surface area contributed by atoms with Crippen molar-refractivity contribution >= 4 is 34.4 Å². The number of H-pyrrole nitrogens is 2. The van der Waals surface area contributed by atoms with Gasteiger partial charge in [-0.3, -0.25) is 4.79 Å². The molecule has 0 saturated carbocycles. The van der Waals surface area contributed by atoms with Crippen LogP contribution in [-0.4, -0.2) is 24.6 Å². The lowest BCUT2D eigenvalue weighted by Gasteiger charge is -2.02. The number of amides is 1. The number of aromatic amines is 2. The molecule has 90 valence electrons. The van der Waals surface area contributed by atoms with Gasteiger partial charge in [-0.15, -0.1) is 0 Å². The number of benzene rings is 1. The molecule has 3 N–H and O–H groups in total. The average Bonchev–Trinajstić information content (AvgIpc) is 2.95. The number of carbonyl (C=O) groups excluding carboxylic acids is 1. The van der Waals surface area contributed by atoms with Gasteiger partial charge in [0.05, 0.1) is 29.0 Å². The van der Waals surface area contributed by atoms with Crippen molar-refractivity contribution < 1.29 is 4.79 Å². The second kappa shape index (κ2) is 4.08. The summed E-state index contributed by atoms with van der Waals surface area (Å²) in [6.45, 7) is 0. The minimum atomic E-state index is -0.332. The third kappa shape index (κ3) is 1.89. The van der Waals surface area contributed by atoms with Crippen LogP contribution in [0.15, 0.2) is 29.2 Å². The van der Waals surface area contributed by atoms with E-state index in [2.05, 4.69) is 24.0 Å². The smallest absolute Gasteiger partial charge is 0.320 e. The zero-order valence-electron chi connectivity index (χ0n) is 8.93. The summed E-state index contributed by atoms with van der Waals surface area (Å²) in [5, 5.41) is 2.68. The molecule has 0 spiro atoms. The second-order valence-electron chi connectivity index (χ2n) is 3.59. The molecule has 18 heavy (non-hydrogen) atoms. The van der Waals surface area contributed by atoms with Gasteiger partial charge in [-0.25, -0.2) is 4.79 Å². The first-order valence-corrected chi connectivity index (χ1v) is 5.76. The molecule has 0 aliphatic carbocycles. The minimum absolute atomic E-state index is 0.266. The van der Waals surface area contributed by atoms with Crippen molar-refractivity contribution in [1.29, 1.82) is 0 Å².